The minimum atomic E-state index is -0.352. The smallest absolute Gasteiger partial charge is 0.233 e. The summed E-state index contributed by atoms with van der Waals surface area (Å²) in [6.07, 6.45) is 2.60. The molecule has 1 aromatic heterocycles. The first kappa shape index (κ1) is 23.3. The van der Waals surface area contributed by atoms with E-state index < -0.39 is 0 Å². The maximum Gasteiger partial charge on any atom is 0.233 e. The Labute approximate surface area is 197 Å². The van der Waals surface area contributed by atoms with Crippen LogP contribution in [0.4, 0.5) is 4.39 Å². The van der Waals surface area contributed by atoms with Gasteiger partial charge in [-0.1, -0.05) is 43.0 Å². The third-order valence-corrected chi connectivity index (χ3v) is 6.75. The number of para-hydroxylation sites is 1. The average Bonchev–Trinajstić information content (AvgIpc) is 3.31. The summed E-state index contributed by atoms with van der Waals surface area (Å²) in [5, 5.41) is 8.99. The van der Waals surface area contributed by atoms with Crippen molar-refractivity contribution in [2.24, 2.45) is 0 Å². The number of carbonyl (C=O) groups excluding carboxylic acids is 1. The van der Waals surface area contributed by atoms with Crippen molar-refractivity contribution in [3.63, 3.8) is 0 Å². The Morgan fingerprint density at radius 3 is 2.67 bits per heavy atom. The fourth-order valence-corrected chi connectivity index (χ4v) is 4.80. The molecular weight excluding hydrogens is 441 g/mol. The highest BCUT2D eigenvalue weighted by Crippen LogP contribution is 2.23. The molecule has 3 aromatic rings. The summed E-state index contributed by atoms with van der Waals surface area (Å²) in [5.74, 6) is 0.306. The summed E-state index contributed by atoms with van der Waals surface area (Å²) in [4.78, 5) is 16.9. The molecule has 0 spiro atoms. The fraction of sp³-hybridized carbons (Fsp3) is 0.375. The summed E-state index contributed by atoms with van der Waals surface area (Å²) in [6.45, 7) is 5.59. The van der Waals surface area contributed by atoms with Crippen LogP contribution in [0.15, 0.2) is 53.9 Å². The number of hydrogen-bond donors (Lipinski definition) is 0. The van der Waals surface area contributed by atoms with Gasteiger partial charge in [0.2, 0.25) is 5.91 Å². The largest absolute Gasteiger partial charge is 0.494 e. The van der Waals surface area contributed by atoms with Crippen molar-refractivity contribution >= 4 is 17.7 Å². The van der Waals surface area contributed by atoms with Gasteiger partial charge in [0, 0.05) is 32.7 Å². The van der Waals surface area contributed by atoms with Gasteiger partial charge in [0.05, 0.1) is 18.6 Å². The number of thioether (sulfide) groups is 1. The summed E-state index contributed by atoms with van der Waals surface area (Å²) < 4.78 is 20.9. The van der Waals surface area contributed by atoms with E-state index in [0.717, 1.165) is 30.8 Å². The number of methoxy groups -OCH3 is 1. The molecule has 0 saturated carbocycles. The van der Waals surface area contributed by atoms with Gasteiger partial charge in [0.15, 0.2) is 16.7 Å². The Morgan fingerprint density at radius 2 is 1.94 bits per heavy atom. The van der Waals surface area contributed by atoms with E-state index in [1.54, 1.807) is 12.4 Å². The second-order valence-electron chi connectivity index (χ2n) is 7.88. The standard InChI is InChI=1S/C24H28FN5O2S/c1-3-19-6-4-5-7-21(19)30-17-26-27-24(30)33-16-23(31)29-12-10-28(11-13-29)15-18-8-9-22(32-2)20(25)14-18/h4-9,14,17H,3,10-13,15-16H2,1-2H3. The molecule has 1 fully saturated rings. The number of ether oxygens (including phenoxy) is 1. The summed E-state index contributed by atoms with van der Waals surface area (Å²) in [7, 11) is 1.46. The number of rotatable bonds is 8. The third kappa shape index (κ3) is 5.54. The van der Waals surface area contributed by atoms with Crippen LogP contribution >= 0.6 is 11.8 Å². The lowest BCUT2D eigenvalue weighted by molar-refractivity contribution is -0.130. The van der Waals surface area contributed by atoms with Crippen molar-refractivity contribution in [3.05, 3.63) is 65.7 Å². The first-order valence-electron chi connectivity index (χ1n) is 11.0. The van der Waals surface area contributed by atoms with E-state index in [2.05, 4.69) is 28.1 Å². The van der Waals surface area contributed by atoms with Crippen LogP contribution in [-0.4, -0.2) is 69.5 Å². The first-order chi connectivity index (χ1) is 16.1. The van der Waals surface area contributed by atoms with Gasteiger partial charge >= 0.3 is 0 Å². The lowest BCUT2D eigenvalue weighted by Crippen LogP contribution is -2.48. The number of piperazine rings is 1. The molecule has 0 bridgehead atoms. The molecular formula is C24H28FN5O2S. The van der Waals surface area contributed by atoms with E-state index in [9.17, 15) is 9.18 Å². The SMILES string of the molecule is CCc1ccccc1-n1cnnc1SCC(=O)N1CCN(Cc2ccc(OC)c(F)c2)CC1. The molecule has 4 rings (SSSR count). The molecule has 1 saturated heterocycles. The van der Waals surface area contributed by atoms with Crippen molar-refractivity contribution in [3.8, 4) is 11.4 Å². The predicted molar refractivity (Wildman–Crippen MR) is 126 cm³/mol. The Kier molecular flexibility index (Phi) is 7.61. The van der Waals surface area contributed by atoms with Crippen LogP contribution in [-0.2, 0) is 17.8 Å². The van der Waals surface area contributed by atoms with E-state index in [0.29, 0.717) is 30.5 Å². The molecule has 1 aliphatic rings. The second-order valence-corrected chi connectivity index (χ2v) is 8.82. The van der Waals surface area contributed by atoms with E-state index >= 15 is 0 Å². The van der Waals surface area contributed by atoms with Crippen molar-refractivity contribution in [2.75, 3.05) is 39.0 Å². The van der Waals surface area contributed by atoms with Crippen LogP contribution in [0.25, 0.3) is 5.69 Å². The Balaban J connectivity index is 1.29. The first-order valence-corrected chi connectivity index (χ1v) is 12.0. The van der Waals surface area contributed by atoms with E-state index in [1.165, 1.54) is 30.5 Å². The number of carbonyl (C=O) groups is 1. The molecule has 2 heterocycles. The maximum absolute atomic E-state index is 13.9. The topological polar surface area (TPSA) is 63.5 Å². The van der Waals surface area contributed by atoms with Gasteiger partial charge < -0.3 is 9.64 Å². The van der Waals surface area contributed by atoms with Crippen LogP contribution in [0.5, 0.6) is 5.75 Å². The van der Waals surface area contributed by atoms with Gasteiger partial charge in [-0.15, -0.1) is 10.2 Å². The summed E-state index contributed by atoms with van der Waals surface area (Å²) in [5.41, 5.74) is 3.15. The Hall–Kier alpha value is -2.91. The monoisotopic (exact) mass is 469 g/mol. The lowest BCUT2D eigenvalue weighted by Gasteiger charge is -2.34. The molecule has 0 atom stereocenters. The van der Waals surface area contributed by atoms with E-state index in [-0.39, 0.29) is 17.5 Å². The highest BCUT2D eigenvalue weighted by molar-refractivity contribution is 7.99. The third-order valence-electron chi connectivity index (χ3n) is 5.82. The quantitative estimate of drug-likeness (QED) is 0.471. The number of aromatic nitrogens is 3. The molecule has 2 aromatic carbocycles. The van der Waals surface area contributed by atoms with Gasteiger partial charge in [-0.2, -0.15) is 0 Å². The molecule has 0 unspecified atom stereocenters. The highest BCUT2D eigenvalue weighted by atomic mass is 32.2. The van der Waals surface area contributed by atoms with Crippen LogP contribution in [0.1, 0.15) is 18.1 Å². The number of amides is 1. The fourth-order valence-electron chi connectivity index (χ4n) is 3.97. The average molecular weight is 470 g/mol. The second kappa shape index (κ2) is 10.8. The minimum absolute atomic E-state index is 0.0912. The van der Waals surface area contributed by atoms with Gasteiger partial charge in [-0.3, -0.25) is 14.3 Å². The maximum atomic E-state index is 13.9. The molecule has 9 heteroatoms. The van der Waals surface area contributed by atoms with E-state index in [4.69, 9.17) is 4.74 Å². The zero-order valence-electron chi connectivity index (χ0n) is 18.9. The minimum Gasteiger partial charge on any atom is -0.494 e. The molecule has 0 aliphatic carbocycles. The summed E-state index contributed by atoms with van der Waals surface area (Å²) >= 11 is 1.41. The van der Waals surface area contributed by atoms with Crippen molar-refractivity contribution < 1.29 is 13.9 Å². The van der Waals surface area contributed by atoms with Gasteiger partial charge in [-0.05, 0) is 35.7 Å². The van der Waals surface area contributed by atoms with Crippen LogP contribution in [0, 0.1) is 5.82 Å². The Morgan fingerprint density at radius 1 is 1.15 bits per heavy atom. The molecule has 7 nitrogen and oxygen atoms in total. The number of benzene rings is 2. The van der Waals surface area contributed by atoms with Gasteiger partial charge in [0.25, 0.3) is 0 Å². The molecule has 1 amide bonds. The van der Waals surface area contributed by atoms with Crippen LogP contribution < -0.4 is 4.74 Å². The van der Waals surface area contributed by atoms with Crippen LogP contribution in [0.2, 0.25) is 0 Å². The number of nitrogens with zero attached hydrogens (tertiary/aromatic N) is 5. The van der Waals surface area contributed by atoms with Crippen LogP contribution in [0.3, 0.4) is 0 Å². The Bertz CT molecular complexity index is 1100. The van der Waals surface area contributed by atoms with Crippen molar-refractivity contribution in [2.45, 2.75) is 25.0 Å². The molecule has 1 aliphatic heterocycles. The zero-order chi connectivity index (χ0) is 23.2. The molecule has 0 N–H and O–H groups in total. The number of hydrogen-bond acceptors (Lipinski definition) is 6. The predicted octanol–water partition coefficient (Wildman–Crippen LogP) is 3.41. The van der Waals surface area contributed by atoms with Crippen molar-refractivity contribution in [1.82, 2.24) is 24.6 Å². The zero-order valence-corrected chi connectivity index (χ0v) is 19.7. The lowest BCUT2D eigenvalue weighted by atomic mass is 10.1. The van der Waals surface area contributed by atoms with Gasteiger partial charge in [0.1, 0.15) is 6.33 Å². The molecule has 174 valence electrons. The van der Waals surface area contributed by atoms with Gasteiger partial charge in [-0.25, -0.2) is 4.39 Å². The number of halogens is 1. The number of aryl methyl sites for hydroxylation is 1. The highest BCUT2D eigenvalue weighted by Gasteiger charge is 2.22. The molecule has 33 heavy (non-hydrogen) atoms. The van der Waals surface area contributed by atoms with Crippen molar-refractivity contribution in [1.29, 1.82) is 0 Å². The van der Waals surface area contributed by atoms with E-state index in [1.807, 2.05) is 33.7 Å². The summed E-state index contributed by atoms with van der Waals surface area (Å²) in [6, 6.07) is 13.2. The normalized spacial score (nSPS) is 14.5. The molecule has 0 radical (unpaired) electrons.